The van der Waals surface area contributed by atoms with Crippen molar-refractivity contribution in [2.24, 2.45) is 0 Å². The van der Waals surface area contributed by atoms with Crippen LogP contribution in [0.2, 0.25) is 0 Å². The van der Waals surface area contributed by atoms with Crippen molar-refractivity contribution < 1.29 is 13.9 Å². The Hall–Kier alpha value is -4.20. The molecule has 2 heterocycles. The van der Waals surface area contributed by atoms with Gasteiger partial charge in [-0.2, -0.15) is 0 Å². The van der Waals surface area contributed by atoms with E-state index in [1.54, 1.807) is 24.3 Å². The number of fused-ring (bicyclic) bond motifs is 1. The molecular weight excluding hydrogens is 410 g/mol. The standard InChI is InChI=1S/C24H21N3O5/c1-2-31-18-9-7-16(8-10-18)20-14-22(28)27(15-26-20)12-11-25-23(29)19-13-17-5-3-4-6-21(17)32-24(19)30/h3-10,13-15H,2,11-12H2,1H3,(H,25,29). The SMILES string of the molecule is CCOc1ccc(-c2cc(=O)n(CCNC(=O)c3cc4ccccc4oc3=O)cn2)cc1. The summed E-state index contributed by atoms with van der Waals surface area (Å²) in [6.45, 7) is 2.85. The van der Waals surface area contributed by atoms with E-state index in [1.807, 2.05) is 31.2 Å². The Morgan fingerprint density at radius 3 is 2.62 bits per heavy atom. The minimum Gasteiger partial charge on any atom is -0.494 e. The Morgan fingerprint density at radius 1 is 1.09 bits per heavy atom. The molecule has 0 radical (unpaired) electrons. The summed E-state index contributed by atoms with van der Waals surface area (Å²) in [7, 11) is 0. The van der Waals surface area contributed by atoms with E-state index >= 15 is 0 Å². The second-order valence-electron chi connectivity index (χ2n) is 7.00. The van der Waals surface area contributed by atoms with Crippen molar-refractivity contribution in [3.05, 3.63) is 93.3 Å². The number of ether oxygens (including phenoxy) is 1. The third kappa shape index (κ3) is 4.59. The van der Waals surface area contributed by atoms with E-state index in [0.29, 0.717) is 23.3 Å². The molecule has 162 valence electrons. The number of hydrogen-bond acceptors (Lipinski definition) is 6. The van der Waals surface area contributed by atoms with Gasteiger partial charge in [-0.3, -0.25) is 14.2 Å². The number of para-hydroxylation sites is 1. The number of carbonyl (C=O) groups excluding carboxylic acids is 1. The normalized spacial score (nSPS) is 10.8. The van der Waals surface area contributed by atoms with Gasteiger partial charge in [-0.05, 0) is 43.3 Å². The van der Waals surface area contributed by atoms with Gasteiger partial charge in [0.05, 0.1) is 18.6 Å². The lowest BCUT2D eigenvalue weighted by Gasteiger charge is -2.09. The molecule has 0 spiro atoms. The molecule has 2 aromatic heterocycles. The molecule has 8 heteroatoms. The zero-order valence-corrected chi connectivity index (χ0v) is 17.4. The number of rotatable bonds is 7. The highest BCUT2D eigenvalue weighted by Gasteiger charge is 2.13. The fraction of sp³-hybridized carbons (Fsp3) is 0.167. The molecule has 0 saturated carbocycles. The van der Waals surface area contributed by atoms with Crippen LogP contribution in [0.15, 0.2) is 81.0 Å². The van der Waals surface area contributed by atoms with Crippen LogP contribution in [-0.4, -0.2) is 28.6 Å². The van der Waals surface area contributed by atoms with E-state index in [1.165, 1.54) is 23.0 Å². The Labute approximate surface area is 183 Å². The summed E-state index contributed by atoms with van der Waals surface area (Å²) in [6, 6.07) is 17.2. The van der Waals surface area contributed by atoms with Crippen molar-refractivity contribution >= 4 is 16.9 Å². The number of carbonyl (C=O) groups is 1. The Kier molecular flexibility index (Phi) is 6.12. The van der Waals surface area contributed by atoms with E-state index in [0.717, 1.165) is 11.3 Å². The van der Waals surface area contributed by atoms with Crippen LogP contribution < -0.4 is 21.2 Å². The van der Waals surface area contributed by atoms with Gasteiger partial charge in [0.2, 0.25) is 0 Å². The van der Waals surface area contributed by atoms with Gasteiger partial charge < -0.3 is 14.5 Å². The van der Waals surface area contributed by atoms with Gasteiger partial charge >= 0.3 is 5.63 Å². The molecule has 8 nitrogen and oxygen atoms in total. The molecule has 1 N–H and O–H groups in total. The van der Waals surface area contributed by atoms with Crippen LogP contribution in [0.3, 0.4) is 0 Å². The van der Waals surface area contributed by atoms with Gasteiger partial charge in [0.1, 0.15) is 16.9 Å². The van der Waals surface area contributed by atoms with Gasteiger partial charge in [0.25, 0.3) is 11.5 Å². The maximum atomic E-state index is 12.4. The first-order valence-corrected chi connectivity index (χ1v) is 10.2. The summed E-state index contributed by atoms with van der Waals surface area (Å²) in [6.07, 6.45) is 1.44. The third-order valence-electron chi connectivity index (χ3n) is 4.86. The lowest BCUT2D eigenvalue weighted by molar-refractivity contribution is 0.0948. The van der Waals surface area contributed by atoms with Gasteiger partial charge in [-0.1, -0.05) is 18.2 Å². The second-order valence-corrected chi connectivity index (χ2v) is 7.00. The van der Waals surface area contributed by atoms with Gasteiger partial charge in [0.15, 0.2) is 0 Å². The lowest BCUT2D eigenvalue weighted by atomic mass is 10.1. The predicted molar refractivity (Wildman–Crippen MR) is 120 cm³/mol. The van der Waals surface area contributed by atoms with Crippen LogP contribution in [0.5, 0.6) is 5.75 Å². The molecule has 0 atom stereocenters. The van der Waals surface area contributed by atoms with Gasteiger partial charge in [-0.25, -0.2) is 9.78 Å². The zero-order valence-electron chi connectivity index (χ0n) is 17.4. The Morgan fingerprint density at radius 2 is 1.88 bits per heavy atom. The predicted octanol–water partition coefficient (Wildman–Crippen LogP) is 2.85. The van der Waals surface area contributed by atoms with Crippen LogP contribution in [0.1, 0.15) is 17.3 Å². The highest BCUT2D eigenvalue weighted by molar-refractivity contribution is 5.96. The third-order valence-corrected chi connectivity index (χ3v) is 4.86. The molecule has 0 aliphatic rings. The Balaban J connectivity index is 1.41. The molecule has 2 aromatic carbocycles. The minimum absolute atomic E-state index is 0.0833. The van der Waals surface area contributed by atoms with E-state index < -0.39 is 11.5 Å². The summed E-state index contributed by atoms with van der Waals surface area (Å²) in [4.78, 5) is 41.3. The molecule has 0 unspecified atom stereocenters. The average molecular weight is 431 g/mol. The molecule has 1 amide bonds. The van der Waals surface area contributed by atoms with Crippen molar-refractivity contribution in [2.45, 2.75) is 13.5 Å². The first-order chi connectivity index (χ1) is 15.5. The smallest absolute Gasteiger partial charge is 0.349 e. The number of hydrogen-bond donors (Lipinski definition) is 1. The van der Waals surface area contributed by atoms with E-state index in [2.05, 4.69) is 10.3 Å². The lowest BCUT2D eigenvalue weighted by Crippen LogP contribution is -2.33. The maximum absolute atomic E-state index is 12.4. The fourth-order valence-corrected chi connectivity index (χ4v) is 3.25. The summed E-state index contributed by atoms with van der Waals surface area (Å²) in [5, 5.41) is 3.30. The van der Waals surface area contributed by atoms with Gasteiger partial charge in [0, 0.05) is 30.1 Å². The molecule has 4 aromatic rings. The quantitative estimate of drug-likeness (QED) is 0.452. The van der Waals surface area contributed by atoms with Crippen LogP contribution in [0.4, 0.5) is 0 Å². The summed E-state index contributed by atoms with van der Waals surface area (Å²) in [5.74, 6) is 0.192. The molecule has 32 heavy (non-hydrogen) atoms. The van der Waals surface area contributed by atoms with Crippen molar-refractivity contribution in [1.82, 2.24) is 14.9 Å². The average Bonchev–Trinajstić information content (AvgIpc) is 2.80. The summed E-state index contributed by atoms with van der Waals surface area (Å²) >= 11 is 0. The Bertz CT molecular complexity index is 1370. The molecule has 0 fully saturated rings. The highest BCUT2D eigenvalue weighted by atomic mass is 16.5. The first-order valence-electron chi connectivity index (χ1n) is 10.2. The van der Waals surface area contributed by atoms with Crippen LogP contribution in [-0.2, 0) is 6.54 Å². The number of nitrogens with zero attached hydrogens (tertiary/aromatic N) is 2. The van der Waals surface area contributed by atoms with Crippen LogP contribution >= 0.6 is 0 Å². The molecule has 0 bridgehead atoms. The molecule has 0 aliphatic heterocycles. The largest absolute Gasteiger partial charge is 0.494 e. The molecule has 0 aliphatic carbocycles. The molecule has 0 saturated heterocycles. The van der Waals surface area contributed by atoms with Gasteiger partial charge in [-0.15, -0.1) is 0 Å². The van der Waals surface area contributed by atoms with Crippen molar-refractivity contribution in [1.29, 1.82) is 0 Å². The zero-order chi connectivity index (χ0) is 22.5. The molecular formula is C24H21N3O5. The topological polar surface area (TPSA) is 103 Å². The highest BCUT2D eigenvalue weighted by Crippen LogP contribution is 2.19. The minimum atomic E-state index is -0.709. The first kappa shape index (κ1) is 21.0. The number of aromatic nitrogens is 2. The molecule has 4 rings (SSSR count). The summed E-state index contributed by atoms with van der Waals surface area (Å²) in [5.41, 5.74) is 0.726. The van der Waals surface area contributed by atoms with Crippen LogP contribution in [0, 0.1) is 0 Å². The van der Waals surface area contributed by atoms with E-state index in [4.69, 9.17) is 9.15 Å². The second kappa shape index (κ2) is 9.30. The monoisotopic (exact) mass is 431 g/mol. The number of nitrogens with one attached hydrogen (secondary N) is 1. The van der Waals surface area contributed by atoms with Crippen molar-refractivity contribution in [3.63, 3.8) is 0 Å². The van der Waals surface area contributed by atoms with E-state index in [-0.39, 0.29) is 24.2 Å². The van der Waals surface area contributed by atoms with Crippen molar-refractivity contribution in [3.8, 4) is 17.0 Å². The number of amides is 1. The van der Waals surface area contributed by atoms with Crippen molar-refractivity contribution in [2.75, 3.05) is 13.2 Å². The van der Waals surface area contributed by atoms with E-state index in [9.17, 15) is 14.4 Å². The maximum Gasteiger partial charge on any atom is 0.349 e. The summed E-state index contributed by atoms with van der Waals surface area (Å²) < 4.78 is 12.0. The fourth-order valence-electron chi connectivity index (χ4n) is 3.25. The van der Waals surface area contributed by atoms with Crippen LogP contribution in [0.25, 0.3) is 22.2 Å². The number of benzene rings is 2.